The Balaban J connectivity index is 1.92. The number of rotatable bonds is 3. The van der Waals surface area contributed by atoms with E-state index in [0.717, 1.165) is 18.1 Å². The number of halogens is 2. The Morgan fingerprint density at radius 1 is 1.61 bits per heavy atom. The van der Waals surface area contributed by atoms with Crippen molar-refractivity contribution in [1.29, 1.82) is 0 Å². The fourth-order valence-corrected chi connectivity index (χ4v) is 3.06. The highest BCUT2D eigenvalue weighted by Crippen LogP contribution is 2.23. The summed E-state index contributed by atoms with van der Waals surface area (Å²) < 4.78 is 13.8. The zero-order valence-electron chi connectivity index (χ0n) is 9.71. The second kappa shape index (κ2) is 6.54. The Morgan fingerprint density at radius 2 is 2.44 bits per heavy atom. The lowest BCUT2D eigenvalue weighted by atomic mass is 10.2. The standard InChI is InChI=1S/C12H14BrFN2OS/c13-10-2-1-8(14)5-11(10)16-12(17)6-9-7-18-4-3-15-9/h1-2,5,9,15H,3-4,6-7H2,(H,16,17). The Bertz CT molecular complexity index is 438. The molecule has 0 aliphatic carbocycles. The number of benzene rings is 1. The number of amides is 1. The molecule has 1 saturated heterocycles. The van der Waals surface area contributed by atoms with Gasteiger partial charge in [0.2, 0.25) is 5.91 Å². The van der Waals surface area contributed by atoms with Crippen LogP contribution < -0.4 is 10.6 Å². The topological polar surface area (TPSA) is 41.1 Å². The van der Waals surface area contributed by atoms with Gasteiger partial charge in [-0.15, -0.1) is 0 Å². The molecule has 1 unspecified atom stereocenters. The van der Waals surface area contributed by atoms with Gasteiger partial charge in [0.05, 0.1) is 5.69 Å². The molecule has 0 aromatic heterocycles. The molecule has 0 bridgehead atoms. The molecule has 2 N–H and O–H groups in total. The largest absolute Gasteiger partial charge is 0.325 e. The van der Waals surface area contributed by atoms with Crippen molar-refractivity contribution >= 4 is 39.3 Å². The highest BCUT2D eigenvalue weighted by molar-refractivity contribution is 9.10. The minimum atomic E-state index is -0.361. The van der Waals surface area contributed by atoms with Crippen LogP contribution in [0.4, 0.5) is 10.1 Å². The summed E-state index contributed by atoms with van der Waals surface area (Å²) in [5.74, 6) is 1.58. The van der Waals surface area contributed by atoms with Gasteiger partial charge in [0.15, 0.2) is 0 Å². The Hall–Kier alpha value is -0.590. The first-order valence-electron chi connectivity index (χ1n) is 5.71. The first-order valence-corrected chi connectivity index (χ1v) is 7.66. The summed E-state index contributed by atoms with van der Waals surface area (Å²) in [7, 11) is 0. The van der Waals surface area contributed by atoms with Crippen LogP contribution in [0.5, 0.6) is 0 Å². The van der Waals surface area contributed by atoms with E-state index in [1.54, 1.807) is 6.07 Å². The number of carbonyl (C=O) groups is 1. The van der Waals surface area contributed by atoms with Crippen LogP contribution in [0, 0.1) is 5.82 Å². The van der Waals surface area contributed by atoms with Gasteiger partial charge < -0.3 is 10.6 Å². The Labute approximate surface area is 118 Å². The predicted octanol–water partition coefficient (Wildman–Crippen LogP) is 2.62. The van der Waals surface area contributed by atoms with E-state index in [0.29, 0.717) is 16.6 Å². The summed E-state index contributed by atoms with van der Waals surface area (Å²) in [4.78, 5) is 11.8. The monoisotopic (exact) mass is 332 g/mol. The third-order valence-corrected chi connectivity index (χ3v) is 4.46. The van der Waals surface area contributed by atoms with Gasteiger partial charge in [-0.05, 0) is 34.1 Å². The van der Waals surface area contributed by atoms with Crippen LogP contribution in [0.15, 0.2) is 22.7 Å². The Morgan fingerprint density at radius 3 is 3.17 bits per heavy atom. The summed E-state index contributed by atoms with van der Waals surface area (Å²) in [6, 6.07) is 4.44. The molecule has 1 atom stereocenters. The molecule has 0 spiro atoms. The van der Waals surface area contributed by atoms with Crippen LogP contribution in [0.2, 0.25) is 0 Å². The molecule has 18 heavy (non-hydrogen) atoms. The molecule has 1 aliphatic heterocycles. The predicted molar refractivity (Wildman–Crippen MR) is 76.5 cm³/mol. The van der Waals surface area contributed by atoms with Gasteiger partial charge in [0.25, 0.3) is 0 Å². The van der Waals surface area contributed by atoms with Crippen LogP contribution in [-0.2, 0) is 4.79 Å². The SMILES string of the molecule is O=C(CC1CSCCN1)Nc1cc(F)ccc1Br. The van der Waals surface area contributed by atoms with E-state index in [1.807, 2.05) is 11.8 Å². The fourth-order valence-electron chi connectivity index (χ4n) is 1.77. The zero-order valence-corrected chi connectivity index (χ0v) is 12.1. The lowest BCUT2D eigenvalue weighted by molar-refractivity contribution is -0.116. The van der Waals surface area contributed by atoms with Crippen LogP contribution in [0.25, 0.3) is 0 Å². The maximum absolute atomic E-state index is 13.1. The number of anilines is 1. The zero-order chi connectivity index (χ0) is 13.0. The summed E-state index contributed by atoms with van der Waals surface area (Å²) in [5, 5.41) is 6.02. The fraction of sp³-hybridized carbons (Fsp3) is 0.417. The molecule has 0 saturated carbocycles. The number of carbonyl (C=O) groups excluding carboxylic acids is 1. The number of hydrogen-bond acceptors (Lipinski definition) is 3. The number of nitrogens with one attached hydrogen (secondary N) is 2. The first kappa shape index (κ1) is 13.8. The van der Waals surface area contributed by atoms with Gasteiger partial charge in [-0.25, -0.2) is 4.39 Å². The van der Waals surface area contributed by atoms with Crippen molar-refractivity contribution in [2.45, 2.75) is 12.5 Å². The van der Waals surface area contributed by atoms with Crippen molar-refractivity contribution in [3.8, 4) is 0 Å². The molecule has 1 aromatic rings. The van der Waals surface area contributed by atoms with Crippen molar-refractivity contribution in [1.82, 2.24) is 5.32 Å². The van der Waals surface area contributed by atoms with E-state index >= 15 is 0 Å². The molecular weight excluding hydrogens is 319 g/mol. The minimum absolute atomic E-state index is 0.0960. The third-order valence-electron chi connectivity index (χ3n) is 2.63. The van der Waals surface area contributed by atoms with E-state index in [1.165, 1.54) is 12.1 Å². The van der Waals surface area contributed by atoms with Crippen LogP contribution in [0.3, 0.4) is 0 Å². The lowest BCUT2D eigenvalue weighted by Gasteiger charge is -2.22. The normalized spacial score (nSPS) is 19.6. The second-order valence-electron chi connectivity index (χ2n) is 4.10. The molecule has 2 rings (SSSR count). The van der Waals surface area contributed by atoms with Crippen molar-refractivity contribution in [3.05, 3.63) is 28.5 Å². The lowest BCUT2D eigenvalue weighted by Crippen LogP contribution is -2.39. The highest BCUT2D eigenvalue weighted by atomic mass is 79.9. The van der Waals surface area contributed by atoms with E-state index in [9.17, 15) is 9.18 Å². The summed E-state index contributed by atoms with van der Waals surface area (Å²) >= 11 is 5.13. The van der Waals surface area contributed by atoms with Crippen molar-refractivity contribution in [2.75, 3.05) is 23.4 Å². The molecule has 1 heterocycles. The quantitative estimate of drug-likeness (QED) is 0.894. The van der Waals surface area contributed by atoms with Crippen molar-refractivity contribution in [3.63, 3.8) is 0 Å². The summed E-state index contributed by atoms with van der Waals surface area (Å²) in [6.45, 7) is 0.937. The molecule has 1 aliphatic rings. The average molecular weight is 333 g/mol. The number of hydrogen-bond donors (Lipinski definition) is 2. The molecule has 6 heteroatoms. The van der Waals surface area contributed by atoms with E-state index in [-0.39, 0.29) is 17.8 Å². The first-order chi connectivity index (χ1) is 8.65. The Kier molecular flexibility index (Phi) is 5.03. The van der Waals surface area contributed by atoms with Gasteiger partial charge in [-0.2, -0.15) is 11.8 Å². The third kappa shape index (κ3) is 3.96. The van der Waals surface area contributed by atoms with Crippen LogP contribution in [-0.4, -0.2) is 30.0 Å². The smallest absolute Gasteiger partial charge is 0.226 e. The minimum Gasteiger partial charge on any atom is -0.325 e. The number of thioether (sulfide) groups is 1. The van der Waals surface area contributed by atoms with Gasteiger partial charge >= 0.3 is 0 Å². The molecule has 1 fully saturated rings. The maximum atomic E-state index is 13.1. The molecule has 0 radical (unpaired) electrons. The van der Waals surface area contributed by atoms with E-state index in [4.69, 9.17) is 0 Å². The summed E-state index contributed by atoms with van der Waals surface area (Å²) in [5.41, 5.74) is 0.475. The molecule has 3 nitrogen and oxygen atoms in total. The van der Waals surface area contributed by atoms with Crippen molar-refractivity contribution in [2.24, 2.45) is 0 Å². The van der Waals surface area contributed by atoms with Crippen LogP contribution in [0.1, 0.15) is 6.42 Å². The molecular formula is C12H14BrFN2OS. The van der Waals surface area contributed by atoms with E-state index < -0.39 is 0 Å². The van der Waals surface area contributed by atoms with E-state index in [2.05, 4.69) is 26.6 Å². The average Bonchev–Trinajstić information content (AvgIpc) is 2.35. The molecule has 98 valence electrons. The van der Waals surface area contributed by atoms with Crippen LogP contribution >= 0.6 is 27.7 Å². The van der Waals surface area contributed by atoms with Gasteiger partial charge in [0, 0.05) is 35.0 Å². The molecule has 1 amide bonds. The highest BCUT2D eigenvalue weighted by Gasteiger charge is 2.17. The van der Waals surface area contributed by atoms with Gasteiger partial charge in [0.1, 0.15) is 5.82 Å². The van der Waals surface area contributed by atoms with Gasteiger partial charge in [-0.3, -0.25) is 4.79 Å². The second-order valence-corrected chi connectivity index (χ2v) is 6.11. The summed E-state index contributed by atoms with van der Waals surface area (Å²) in [6.07, 6.45) is 0.413. The molecule has 1 aromatic carbocycles. The van der Waals surface area contributed by atoms with Crippen molar-refractivity contribution < 1.29 is 9.18 Å². The maximum Gasteiger partial charge on any atom is 0.226 e. The van der Waals surface area contributed by atoms with Gasteiger partial charge in [-0.1, -0.05) is 0 Å².